The Bertz CT molecular complexity index is 1340. The van der Waals surface area contributed by atoms with E-state index in [4.69, 9.17) is 4.74 Å². The molecule has 0 spiro atoms. The predicted octanol–water partition coefficient (Wildman–Crippen LogP) is 4.05. The van der Waals surface area contributed by atoms with Crippen LogP contribution >= 0.6 is 0 Å². The lowest BCUT2D eigenvalue weighted by atomic mass is 10.0. The third-order valence-electron chi connectivity index (χ3n) is 5.83. The summed E-state index contributed by atoms with van der Waals surface area (Å²) in [5.41, 5.74) is 3.98. The summed E-state index contributed by atoms with van der Waals surface area (Å²) in [5.74, 6) is 0.602. The number of nitrogens with one attached hydrogen (secondary N) is 1. The van der Waals surface area contributed by atoms with Gasteiger partial charge in [-0.05, 0) is 42.5 Å². The molecule has 2 aromatic rings. The molecule has 7 heteroatoms. The highest BCUT2D eigenvalue weighted by atomic mass is 16.5. The minimum atomic E-state index is -0.675. The smallest absolute Gasteiger partial charge is 0.349 e. The molecular formula is C26H30N4O3. The molecule has 0 saturated carbocycles. The fraction of sp³-hybridized carbons (Fsp3) is 0.385. The lowest BCUT2D eigenvalue weighted by molar-refractivity contribution is 0.0430. The van der Waals surface area contributed by atoms with Crippen LogP contribution in [0.2, 0.25) is 0 Å². The van der Waals surface area contributed by atoms with Gasteiger partial charge >= 0.3 is 5.69 Å². The fourth-order valence-electron chi connectivity index (χ4n) is 4.01. The zero-order valence-electron chi connectivity index (χ0n) is 19.6. The quantitative estimate of drug-likeness (QED) is 0.412. The predicted molar refractivity (Wildman–Crippen MR) is 130 cm³/mol. The van der Waals surface area contributed by atoms with Gasteiger partial charge in [-0.25, -0.2) is 9.78 Å². The van der Waals surface area contributed by atoms with Crippen molar-refractivity contribution in [3.8, 4) is 11.5 Å². The van der Waals surface area contributed by atoms with Gasteiger partial charge in [0.25, 0.3) is 5.56 Å². The van der Waals surface area contributed by atoms with Crippen molar-refractivity contribution in [1.29, 1.82) is 0 Å². The molecule has 1 atom stereocenters. The van der Waals surface area contributed by atoms with Gasteiger partial charge in [-0.2, -0.15) is 4.98 Å². The SMILES string of the molecule is CCCOC(Cc1ccc(C)cc1)Cn1c2nc(=O)[nH]c(=O)c-2nc2cc(C(C)C)ccc21. The molecule has 2 aliphatic rings. The van der Waals surface area contributed by atoms with Crippen LogP contribution < -0.4 is 11.2 Å². The van der Waals surface area contributed by atoms with E-state index in [0.717, 1.165) is 17.5 Å². The first-order valence-corrected chi connectivity index (χ1v) is 11.5. The van der Waals surface area contributed by atoms with Crippen LogP contribution in [0.15, 0.2) is 52.1 Å². The Kier molecular flexibility index (Phi) is 6.70. The van der Waals surface area contributed by atoms with Crippen molar-refractivity contribution in [1.82, 2.24) is 19.5 Å². The Hall–Kier alpha value is -3.32. The molecule has 1 N–H and O–H groups in total. The van der Waals surface area contributed by atoms with Gasteiger partial charge in [-0.15, -0.1) is 0 Å². The molecule has 0 fully saturated rings. The number of ether oxygens (including phenoxy) is 1. The van der Waals surface area contributed by atoms with Crippen molar-refractivity contribution < 1.29 is 4.74 Å². The number of aryl methyl sites for hydroxylation is 1. The van der Waals surface area contributed by atoms with E-state index in [1.807, 2.05) is 16.7 Å². The van der Waals surface area contributed by atoms with Crippen LogP contribution in [0.1, 0.15) is 49.8 Å². The molecular weight excluding hydrogens is 416 g/mol. The van der Waals surface area contributed by atoms with Gasteiger partial charge in [0.05, 0.1) is 23.7 Å². The van der Waals surface area contributed by atoms with E-state index < -0.39 is 11.2 Å². The Morgan fingerprint density at radius 3 is 2.52 bits per heavy atom. The second-order valence-electron chi connectivity index (χ2n) is 8.85. The number of hydrogen-bond acceptors (Lipinski definition) is 5. The molecule has 0 bridgehead atoms. The molecule has 33 heavy (non-hydrogen) atoms. The molecule has 1 unspecified atom stereocenters. The highest BCUT2D eigenvalue weighted by Gasteiger charge is 2.22. The number of nitrogens with zero attached hydrogens (tertiary/aromatic N) is 3. The maximum atomic E-state index is 12.6. The van der Waals surface area contributed by atoms with Gasteiger partial charge in [0, 0.05) is 13.0 Å². The largest absolute Gasteiger partial charge is 0.376 e. The molecule has 2 aromatic carbocycles. The van der Waals surface area contributed by atoms with Crippen LogP contribution in [0.4, 0.5) is 0 Å². The van der Waals surface area contributed by atoms with Crippen LogP contribution in [0, 0.1) is 6.92 Å². The van der Waals surface area contributed by atoms with Crippen LogP contribution in [-0.4, -0.2) is 32.2 Å². The van der Waals surface area contributed by atoms with E-state index in [1.54, 1.807) is 0 Å². The van der Waals surface area contributed by atoms with Crippen molar-refractivity contribution in [3.05, 3.63) is 80.0 Å². The summed E-state index contributed by atoms with van der Waals surface area (Å²) in [6.07, 6.45) is 1.44. The van der Waals surface area contributed by atoms with Gasteiger partial charge in [0.15, 0.2) is 11.5 Å². The topological polar surface area (TPSA) is 89.9 Å². The van der Waals surface area contributed by atoms with Gasteiger partial charge in [-0.3, -0.25) is 9.78 Å². The summed E-state index contributed by atoms with van der Waals surface area (Å²) in [7, 11) is 0. The van der Waals surface area contributed by atoms with Crippen molar-refractivity contribution in [2.24, 2.45) is 0 Å². The number of benzene rings is 2. The Morgan fingerprint density at radius 1 is 1.06 bits per heavy atom. The van der Waals surface area contributed by atoms with Crippen LogP contribution in [0.25, 0.3) is 22.6 Å². The molecule has 2 aliphatic heterocycles. The Morgan fingerprint density at radius 2 is 1.82 bits per heavy atom. The van der Waals surface area contributed by atoms with E-state index in [0.29, 0.717) is 31.0 Å². The number of fused-ring (bicyclic) bond motifs is 2. The number of rotatable bonds is 8. The number of aromatic nitrogens is 4. The summed E-state index contributed by atoms with van der Waals surface area (Å²) in [5, 5.41) is 0. The van der Waals surface area contributed by atoms with Crippen LogP contribution in [0.5, 0.6) is 0 Å². The zero-order chi connectivity index (χ0) is 23.5. The molecule has 2 heterocycles. The first-order valence-electron chi connectivity index (χ1n) is 11.5. The normalized spacial score (nSPS) is 12.6. The maximum Gasteiger partial charge on any atom is 0.349 e. The van der Waals surface area contributed by atoms with Gasteiger partial charge in [0.1, 0.15) is 0 Å². The van der Waals surface area contributed by atoms with Gasteiger partial charge < -0.3 is 9.30 Å². The lowest BCUT2D eigenvalue weighted by Crippen LogP contribution is -2.31. The highest BCUT2D eigenvalue weighted by molar-refractivity contribution is 5.80. The average molecular weight is 447 g/mol. The second kappa shape index (κ2) is 9.67. The maximum absolute atomic E-state index is 12.6. The molecule has 0 amide bonds. The van der Waals surface area contributed by atoms with E-state index in [2.05, 4.69) is 73.0 Å². The van der Waals surface area contributed by atoms with Crippen molar-refractivity contribution in [2.45, 2.75) is 59.1 Å². The monoisotopic (exact) mass is 446 g/mol. The van der Waals surface area contributed by atoms with Crippen molar-refractivity contribution in [2.75, 3.05) is 6.61 Å². The highest BCUT2D eigenvalue weighted by Crippen LogP contribution is 2.25. The molecule has 0 saturated heterocycles. The summed E-state index contributed by atoms with van der Waals surface area (Å²) in [6, 6.07) is 14.5. The molecule has 0 aromatic heterocycles. The summed E-state index contributed by atoms with van der Waals surface area (Å²) in [6.45, 7) is 9.44. The first-order chi connectivity index (χ1) is 15.9. The van der Waals surface area contributed by atoms with Gasteiger partial charge in [0.2, 0.25) is 0 Å². The first kappa shape index (κ1) is 22.9. The van der Waals surface area contributed by atoms with Gasteiger partial charge in [-0.1, -0.05) is 56.7 Å². The van der Waals surface area contributed by atoms with Crippen molar-refractivity contribution in [3.63, 3.8) is 0 Å². The summed E-state index contributed by atoms with van der Waals surface area (Å²) < 4.78 is 8.13. The number of aromatic amines is 1. The van der Waals surface area contributed by atoms with Crippen molar-refractivity contribution >= 4 is 11.0 Å². The minimum Gasteiger partial charge on any atom is -0.376 e. The standard InChI is InChI=1S/C26H30N4O3/c1-5-12-33-20(13-18-8-6-17(4)7-9-18)15-30-22-11-10-19(16(2)3)14-21(22)27-23-24(30)28-26(32)29-25(23)31/h6-11,14,16,20H,5,12-13,15H2,1-4H3,(H,29,31,32). The second-order valence-corrected chi connectivity index (χ2v) is 8.85. The van der Waals surface area contributed by atoms with E-state index in [9.17, 15) is 9.59 Å². The Balaban J connectivity index is 1.85. The third-order valence-corrected chi connectivity index (χ3v) is 5.83. The molecule has 0 radical (unpaired) electrons. The van der Waals surface area contributed by atoms with E-state index in [-0.39, 0.29) is 17.6 Å². The van der Waals surface area contributed by atoms with Crippen LogP contribution in [-0.2, 0) is 17.7 Å². The molecule has 4 rings (SSSR count). The molecule has 0 aliphatic carbocycles. The molecule has 172 valence electrons. The van der Waals surface area contributed by atoms with E-state index >= 15 is 0 Å². The fourth-order valence-corrected chi connectivity index (χ4v) is 4.01. The average Bonchev–Trinajstić information content (AvgIpc) is 2.78. The Labute approximate surface area is 192 Å². The number of hydrogen-bond donors (Lipinski definition) is 1. The third kappa shape index (κ3) is 5.03. The molecule has 7 nitrogen and oxygen atoms in total. The van der Waals surface area contributed by atoms with Crippen LogP contribution in [0.3, 0.4) is 0 Å². The zero-order valence-corrected chi connectivity index (χ0v) is 19.6. The summed E-state index contributed by atoms with van der Waals surface area (Å²) >= 11 is 0. The summed E-state index contributed by atoms with van der Waals surface area (Å²) in [4.78, 5) is 35.6. The number of H-pyrrole nitrogens is 1. The van der Waals surface area contributed by atoms with E-state index in [1.165, 1.54) is 11.1 Å². The minimum absolute atomic E-state index is 0.160. The lowest BCUT2D eigenvalue weighted by Gasteiger charge is -2.23.